The lowest BCUT2D eigenvalue weighted by molar-refractivity contribution is -0.142. The molecule has 0 bridgehead atoms. The van der Waals surface area contributed by atoms with Crippen LogP contribution in [0.2, 0.25) is 0 Å². The first-order valence-electron chi connectivity index (χ1n) is 4.30. The molecule has 0 amide bonds. The van der Waals surface area contributed by atoms with E-state index >= 15 is 0 Å². The number of carbonyl (C=O) groups is 1. The van der Waals surface area contributed by atoms with Crippen molar-refractivity contribution in [3.05, 3.63) is 29.1 Å². The third-order valence-electron chi connectivity index (χ3n) is 2.13. The van der Waals surface area contributed by atoms with E-state index in [-0.39, 0.29) is 23.7 Å². The fourth-order valence-electron chi connectivity index (χ4n) is 1.23. The number of aromatic hydroxyl groups is 1. The zero-order valence-electron chi connectivity index (χ0n) is 8.86. The second kappa shape index (κ2) is 5.67. The Kier molecular flexibility index (Phi) is 5.20. The van der Waals surface area contributed by atoms with Crippen LogP contribution in [0.4, 0.5) is 4.39 Å². The van der Waals surface area contributed by atoms with Gasteiger partial charge in [0.1, 0.15) is 17.6 Å². The zero-order chi connectivity index (χ0) is 11.6. The molecular weight excluding hydrogens is 237 g/mol. The number of benzene rings is 1. The van der Waals surface area contributed by atoms with Gasteiger partial charge < -0.3 is 15.6 Å². The second-order valence-electron chi connectivity index (χ2n) is 3.13. The van der Waals surface area contributed by atoms with Gasteiger partial charge in [-0.2, -0.15) is 0 Å². The number of rotatable bonds is 2. The van der Waals surface area contributed by atoms with Gasteiger partial charge in [0.15, 0.2) is 0 Å². The van der Waals surface area contributed by atoms with E-state index < -0.39 is 17.8 Å². The standard InChI is InChI=1S/C10H12FNO3.ClH/c1-5-3-4-6(11)7(9(5)13)8(12)10(14)15-2;/h3-4,8,13H,12H2,1-2H3;1H/t8-;/m0./s1. The van der Waals surface area contributed by atoms with Crippen molar-refractivity contribution in [2.75, 3.05) is 7.11 Å². The van der Waals surface area contributed by atoms with Crippen molar-refractivity contribution in [2.24, 2.45) is 5.73 Å². The Morgan fingerprint density at radius 3 is 2.62 bits per heavy atom. The lowest BCUT2D eigenvalue weighted by Crippen LogP contribution is -2.24. The van der Waals surface area contributed by atoms with Gasteiger partial charge in [-0.15, -0.1) is 12.4 Å². The van der Waals surface area contributed by atoms with Crippen LogP contribution in [0.1, 0.15) is 17.2 Å². The molecule has 0 aliphatic carbocycles. The quantitative estimate of drug-likeness (QED) is 0.778. The number of aryl methyl sites for hydroxylation is 1. The van der Waals surface area contributed by atoms with Crippen molar-refractivity contribution in [1.82, 2.24) is 0 Å². The number of hydrogen-bond acceptors (Lipinski definition) is 4. The molecule has 3 N–H and O–H groups in total. The molecule has 1 aromatic carbocycles. The van der Waals surface area contributed by atoms with Gasteiger partial charge in [0.05, 0.1) is 12.7 Å². The number of nitrogens with two attached hydrogens (primary N) is 1. The summed E-state index contributed by atoms with van der Waals surface area (Å²) in [7, 11) is 1.15. The molecule has 1 rings (SSSR count). The predicted octanol–water partition coefficient (Wildman–Crippen LogP) is 1.43. The Balaban J connectivity index is 0.00000225. The minimum absolute atomic E-state index is 0. The van der Waals surface area contributed by atoms with Gasteiger partial charge >= 0.3 is 5.97 Å². The first-order chi connectivity index (χ1) is 6.99. The molecule has 0 unspecified atom stereocenters. The first kappa shape index (κ1) is 14.7. The highest BCUT2D eigenvalue weighted by atomic mass is 35.5. The van der Waals surface area contributed by atoms with Gasteiger partial charge in [-0.1, -0.05) is 6.07 Å². The van der Waals surface area contributed by atoms with E-state index in [9.17, 15) is 14.3 Å². The van der Waals surface area contributed by atoms with Crippen LogP contribution in [0.25, 0.3) is 0 Å². The summed E-state index contributed by atoms with van der Waals surface area (Å²) >= 11 is 0. The number of methoxy groups -OCH3 is 1. The predicted molar refractivity (Wildman–Crippen MR) is 59.0 cm³/mol. The summed E-state index contributed by atoms with van der Waals surface area (Å²) in [5.41, 5.74) is 5.66. The highest BCUT2D eigenvalue weighted by Gasteiger charge is 2.24. The molecule has 6 heteroatoms. The molecule has 0 heterocycles. The van der Waals surface area contributed by atoms with Gasteiger partial charge in [0.2, 0.25) is 0 Å². The van der Waals surface area contributed by atoms with E-state index in [1.807, 2.05) is 0 Å². The normalized spacial score (nSPS) is 11.5. The summed E-state index contributed by atoms with van der Waals surface area (Å²) in [5.74, 6) is -1.83. The number of hydrogen-bond donors (Lipinski definition) is 2. The van der Waals surface area contributed by atoms with Crippen LogP contribution in [-0.2, 0) is 9.53 Å². The van der Waals surface area contributed by atoms with Gasteiger partial charge in [0, 0.05) is 0 Å². The number of ether oxygens (including phenoxy) is 1. The second-order valence-corrected chi connectivity index (χ2v) is 3.13. The van der Waals surface area contributed by atoms with Gasteiger partial charge in [0.25, 0.3) is 0 Å². The van der Waals surface area contributed by atoms with Crippen molar-refractivity contribution < 1.29 is 19.0 Å². The third kappa shape index (κ3) is 2.62. The van der Waals surface area contributed by atoms with Crippen LogP contribution in [0, 0.1) is 12.7 Å². The molecule has 0 aliphatic heterocycles. The van der Waals surface area contributed by atoms with E-state index in [4.69, 9.17) is 5.73 Å². The van der Waals surface area contributed by atoms with Gasteiger partial charge in [-0.05, 0) is 18.6 Å². The highest BCUT2D eigenvalue weighted by molar-refractivity contribution is 5.85. The summed E-state index contributed by atoms with van der Waals surface area (Å²) in [5, 5.41) is 9.57. The summed E-state index contributed by atoms with van der Waals surface area (Å²) in [6.45, 7) is 1.59. The molecule has 0 aliphatic rings. The lowest BCUT2D eigenvalue weighted by atomic mass is 10.0. The van der Waals surface area contributed by atoms with Crippen LogP contribution >= 0.6 is 12.4 Å². The maximum Gasteiger partial charge on any atom is 0.327 e. The maximum absolute atomic E-state index is 13.3. The molecule has 0 saturated heterocycles. The Labute approximate surface area is 98.6 Å². The fraction of sp³-hybridized carbons (Fsp3) is 0.300. The zero-order valence-corrected chi connectivity index (χ0v) is 9.68. The van der Waals surface area contributed by atoms with E-state index in [1.165, 1.54) is 6.07 Å². The molecule has 16 heavy (non-hydrogen) atoms. The van der Waals surface area contributed by atoms with Crippen molar-refractivity contribution in [1.29, 1.82) is 0 Å². The molecule has 0 spiro atoms. The van der Waals surface area contributed by atoms with Crippen LogP contribution in [-0.4, -0.2) is 18.2 Å². The lowest BCUT2D eigenvalue weighted by Gasteiger charge is -2.13. The largest absolute Gasteiger partial charge is 0.507 e. The fourth-order valence-corrected chi connectivity index (χ4v) is 1.23. The Morgan fingerprint density at radius 1 is 1.56 bits per heavy atom. The number of phenols is 1. The first-order valence-corrected chi connectivity index (χ1v) is 4.30. The van der Waals surface area contributed by atoms with Crippen molar-refractivity contribution in [3.63, 3.8) is 0 Å². The SMILES string of the molecule is COC(=O)[C@@H](N)c1c(F)ccc(C)c1O.Cl. The van der Waals surface area contributed by atoms with Gasteiger partial charge in [-0.25, -0.2) is 4.39 Å². The van der Waals surface area contributed by atoms with Crippen LogP contribution in [0.5, 0.6) is 5.75 Å². The molecule has 1 aromatic rings. The van der Waals surface area contributed by atoms with E-state index in [0.717, 1.165) is 13.2 Å². The minimum Gasteiger partial charge on any atom is -0.507 e. The van der Waals surface area contributed by atoms with E-state index in [2.05, 4.69) is 4.74 Å². The topological polar surface area (TPSA) is 72.5 Å². The molecule has 1 atom stereocenters. The van der Waals surface area contributed by atoms with Crippen LogP contribution in [0.3, 0.4) is 0 Å². The van der Waals surface area contributed by atoms with Gasteiger partial charge in [-0.3, -0.25) is 4.79 Å². The van der Waals surface area contributed by atoms with Crippen molar-refractivity contribution in [3.8, 4) is 5.75 Å². The molecule has 90 valence electrons. The average molecular weight is 250 g/mol. The summed E-state index contributed by atoms with van der Waals surface area (Å²) in [4.78, 5) is 11.1. The molecule has 4 nitrogen and oxygen atoms in total. The summed E-state index contributed by atoms with van der Waals surface area (Å²) in [6.07, 6.45) is 0. The monoisotopic (exact) mass is 249 g/mol. The average Bonchev–Trinajstić information content (AvgIpc) is 2.22. The molecule has 0 saturated carbocycles. The molecular formula is C10H13ClFNO3. The van der Waals surface area contributed by atoms with E-state index in [0.29, 0.717) is 5.56 Å². The smallest absolute Gasteiger partial charge is 0.327 e. The number of esters is 1. The third-order valence-corrected chi connectivity index (χ3v) is 2.13. The Bertz CT molecular complexity index is 398. The van der Waals surface area contributed by atoms with Crippen molar-refractivity contribution >= 4 is 18.4 Å². The highest BCUT2D eigenvalue weighted by Crippen LogP contribution is 2.29. The number of halogens is 2. The number of phenolic OH excluding ortho intramolecular Hbond substituents is 1. The van der Waals surface area contributed by atoms with Crippen molar-refractivity contribution in [2.45, 2.75) is 13.0 Å². The summed E-state index contributed by atoms with van der Waals surface area (Å²) in [6, 6.07) is 1.24. The number of carbonyl (C=O) groups excluding carboxylic acids is 1. The molecule has 0 radical (unpaired) electrons. The van der Waals surface area contributed by atoms with E-state index in [1.54, 1.807) is 6.92 Å². The Hall–Kier alpha value is -1.33. The van der Waals surface area contributed by atoms with Crippen LogP contribution in [0.15, 0.2) is 12.1 Å². The molecule has 0 aromatic heterocycles. The summed E-state index contributed by atoms with van der Waals surface area (Å²) < 4.78 is 17.7. The maximum atomic E-state index is 13.3. The molecule has 0 fully saturated rings. The van der Waals surface area contributed by atoms with Crippen LogP contribution < -0.4 is 5.73 Å². The Morgan fingerprint density at radius 2 is 2.12 bits per heavy atom. The minimum atomic E-state index is -1.31.